The molecule has 3 N–H and O–H groups in total. The van der Waals surface area contributed by atoms with E-state index in [1.165, 1.54) is 0 Å². The molecule has 1 aliphatic rings. The molecular formula is C11H12ClF3N4O2. The SMILES string of the molecule is O=C(O)N[C@H]1CC[C@H](Nc2ncc(C(F)(F)F)c(Cl)n2)C1. The predicted molar refractivity (Wildman–Crippen MR) is 68.3 cm³/mol. The van der Waals surface area contributed by atoms with Crippen molar-refractivity contribution in [2.75, 3.05) is 5.32 Å². The number of nitrogens with one attached hydrogen (secondary N) is 2. The molecule has 1 saturated carbocycles. The van der Waals surface area contributed by atoms with Crippen LogP contribution in [0.4, 0.5) is 23.9 Å². The first-order valence-corrected chi connectivity index (χ1v) is 6.49. The molecule has 1 heterocycles. The van der Waals surface area contributed by atoms with Crippen LogP contribution in [0.2, 0.25) is 5.15 Å². The number of alkyl halides is 3. The minimum atomic E-state index is -4.60. The van der Waals surface area contributed by atoms with Crippen molar-refractivity contribution in [1.82, 2.24) is 15.3 Å². The summed E-state index contributed by atoms with van der Waals surface area (Å²) in [7, 11) is 0. The molecule has 1 aliphatic carbocycles. The highest BCUT2D eigenvalue weighted by atomic mass is 35.5. The Labute approximate surface area is 122 Å². The van der Waals surface area contributed by atoms with E-state index in [0.29, 0.717) is 25.5 Å². The molecule has 1 aromatic rings. The van der Waals surface area contributed by atoms with Crippen LogP contribution >= 0.6 is 11.6 Å². The molecule has 10 heteroatoms. The van der Waals surface area contributed by atoms with Crippen molar-refractivity contribution in [1.29, 1.82) is 0 Å². The number of amides is 1. The summed E-state index contributed by atoms with van der Waals surface area (Å²) in [5, 5.41) is 13.2. The van der Waals surface area contributed by atoms with E-state index in [9.17, 15) is 18.0 Å². The van der Waals surface area contributed by atoms with Gasteiger partial charge in [-0.2, -0.15) is 13.2 Å². The molecule has 2 rings (SSSR count). The van der Waals surface area contributed by atoms with Gasteiger partial charge in [-0.1, -0.05) is 11.6 Å². The van der Waals surface area contributed by atoms with Gasteiger partial charge in [0.05, 0.1) is 0 Å². The van der Waals surface area contributed by atoms with Gasteiger partial charge in [0.15, 0.2) is 0 Å². The van der Waals surface area contributed by atoms with Gasteiger partial charge in [-0.05, 0) is 19.3 Å². The predicted octanol–water partition coefficient (Wildman–Crippen LogP) is 2.75. The fourth-order valence-corrected chi connectivity index (χ4v) is 2.46. The minimum Gasteiger partial charge on any atom is -0.465 e. The highest BCUT2D eigenvalue weighted by Crippen LogP contribution is 2.33. The summed E-state index contributed by atoms with van der Waals surface area (Å²) in [6.07, 6.45) is -3.27. The van der Waals surface area contributed by atoms with Crippen LogP contribution in [0.1, 0.15) is 24.8 Å². The van der Waals surface area contributed by atoms with Gasteiger partial charge in [-0.25, -0.2) is 14.8 Å². The summed E-state index contributed by atoms with van der Waals surface area (Å²) in [6, 6.07) is -0.306. The van der Waals surface area contributed by atoms with Gasteiger partial charge in [0.2, 0.25) is 5.95 Å². The number of carbonyl (C=O) groups is 1. The molecule has 0 aliphatic heterocycles. The van der Waals surface area contributed by atoms with Gasteiger partial charge in [0, 0.05) is 18.3 Å². The highest BCUT2D eigenvalue weighted by molar-refractivity contribution is 6.30. The van der Waals surface area contributed by atoms with Crippen molar-refractivity contribution in [2.45, 2.75) is 37.5 Å². The largest absolute Gasteiger partial charge is 0.465 e. The molecule has 2 atom stereocenters. The fraction of sp³-hybridized carbons (Fsp3) is 0.545. The van der Waals surface area contributed by atoms with Crippen molar-refractivity contribution in [3.05, 3.63) is 16.9 Å². The lowest BCUT2D eigenvalue weighted by Gasteiger charge is -2.14. The lowest BCUT2D eigenvalue weighted by atomic mass is 10.2. The van der Waals surface area contributed by atoms with E-state index in [2.05, 4.69) is 20.6 Å². The first kappa shape index (κ1) is 15.6. The molecule has 6 nitrogen and oxygen atoms in total. The third kappa shape index (κ3) is 4.10. The van der Waals surface area contributed by atoms with Crippen LogP contribution in [0.5, 0.6) is 0 Å². The van der Waals surface area contributed by atoms with Crippen LogP contribution < -0.4 is 10.6 Å². The minimum absolute atomic E-state index is 0.00558. The summed E-state index contributed by atoms with van der Waals surface area (Å²) in [6.45, 7) is 0. The second-order valence-electron chi connectivity index (χ2n) is 4.70. The third-order valence-corrected chi connectivity index (χ3v) is 3.43. The van der Waals surface area contributed by atoms with Crippen molar-refractivity contribution < 1.29 is 23.1 Å². The molecule has 116 valence electrons. The summed E-state index contributed by atoms with van der Waals surface area (Å²) in [5.74, 6) is -0.00558. The Balaban J connectivity index is 1.98. The van der Waals surface area contributed by atoms with Crippen molar-refractivity contribution >= 4 is 23.6 Å². The highest BCUT2D eigenvalue weighted by Gasteiger charge is 2.35. The lowest BCUT2D eigenvalue weighted by molar-refractivity contribution is -0.137. The van der Waals surface area contributed by atoms with Gasteiger partial charge < -0.3 is 15.7 Å². The van der Waals surface area contributed by atoms with Crippen molar-refractivity contribution in [2.24, 2.45) is 0 Å². The molecule has 0 spiro atoms. The van der Waals surface area contributed by atoms with Crippen molar-refractivity contribution in [3.63, 3.8) is 0 Å². The summed E-state index contributed by atoms with van der Waals surface area (Å²) in [4.78, 5) is 17.7. The second-order valence-corrected chi connectivity index (χ2v) is 5.05. The number of hydrogen-bond donors (Lipinski definition) is 3. The normalized spacial score (nSPS) is 22.1. The van der Waals surface area contributed by atoms with Gasteiger partial charge >= 0.3 is 12.3 Å². The van der Waals surface area contributed by atoms with Gasteiger partial charge in [-0.3, -0.25) is 0 Å². The van der Waals surface area contributed by atoms with Crippen LogP contribution in [-0.4, -0.2) is 33.3 Å². The maximum atomic E-state index is 12.5. The Morgan fingerprint density at radius 1 is 1.38 bits per heavy atom. The Morgan fingerprint density at radius 3 is 2.62 bits per heavy atom. The van der Waals surface area contributed by atoms with E-state index < -0.39 is 23.0 Å². The molecular weight excluding hydrogens is 313 g/mol. The standard InChI is InChI=1S/C11H12ClF3N4O2/c12-8-7(11(13,14)15)4-16-9(19-8)17-5-1-2-6(3-5)18-10(20)21/h4-6,18H,1-3H2,(H,20,21)(H,16,17,19)/t5-,6-/m0/s1. The van der Waals surface area contributed by atoms with E-state index in [1.54, 1.807) is 0 Å². The van der Waals surface area contributed by atoms with Crippen molar-refractivity contribution in [3.8, 4) is 0 Å². The second kappa shape index (κ2) is 5.92. The molecule has 1 aromatic heterocycles. The van der Waals surface area contributed by atoms with E-state index in [0.717, 1.165) is 0 Å². The first-order valence-electron chi connectivity index (χ1n) is 6.11. The van der Waals surface area contributed by atoms with Crippen LogP contribution in [-0.2, 0) is 6.18 Å². The van der Waals surface area contributed by atoms with Gasteiger partial charge in [0.25, 0.3) is 0 Å². The first-order chi connectivity index (χ1) is 9.75. The molecule has 21 heavy (non-hydrogen) atoms. The number of carboxylic acid groups (broad SMARTS) is 1. The zero-order chi connectivity index (χ0) is 15.6. The van der Waals surface area contributed by atoms with Gasteiger partial charge in [-0.15, -0.1) is 0 Å². The van der Waals surface area contributed by atoms with Crippen LogP contribution in [0.15, 0.2) is 6.20 Å². The summed E-state index contributed by atoms with van der Waals surface area (Å²) in [5.41, 5.74) is -1.09. The molecule has 0 aromatic carbocycles. The average molecular weight is 325 g/mol. The molecule has 1 fully saturated rings. The molecule has 0 unspecified atom stereocenters. The monoisotopic (exact) mass is 324 g/mol. The average Bonchev–Trinajstić information content (AvgIpc) is 2.73. The van der Waals surface area contributed by atoms with E-state index in [1.807, 2.05) is 0 Å². The third-order valence-electron chi connectivity index (χ3n) is 3.14. The van der Waals surface area contributed by atoms with Crippen LogP contribution in [0.3, 0.4) is 0 Å². The number of hydrogen-bond acceptors (Lipinski definition) is 4. The van der Waals surface area contributed by atoms with Crippen LogP contribution in [0.25, 0.3) is 0 Å². The smallest absolute Gasteiger partial charge is 0.420 e. The topological polar surface area (TPSA) is 87.1 Å². The number of nitrogens with zero attached hydrogens (tertiary/aromatic N) is 2. The van der Waals surface area contributed by atoms with E-state index in [-0.39, 0.29) is 18.0 Å². The van der Waals surface area contributed by atoms with E-state index >= 15 is 0 Å². The lowest BCUT2D eigenvalue weighted by Crippen LogP contribution is -2.32. The van der Waals surface area contributed by atoms with E-state index in [4.69, 9.17) is 16.7 Å². The van der Waals surface area contributed by atoms with Crippen LogP contribution in [0, 0.1) is 0 Å². The Kier molecular flexibility index (Phi) is 4.40. The molecule has 0 bridgehead atoms. The van der Waals surface area contributed by atoms with Gasteiger partial charge in [0.1, 0.15) is 10.7 Å². The number of rotatable bonds is 3. The Morgan fingerprint density at radius 2 is 2.05 bits per heavy atom. The fourth-order valence-electron chi connectivity index (χ4n) is 2.22. The number of anilines is 1. The molecule has 0 saturated heterocycles. The molecule has 1 amide bonds. The number of aromatic nitrogens is 2. The Hall–Kier alpha value is -1.77. The zero-order valence-corrected chi connectivity index (χ0v) is 11.4. The quantitative estimate of drug-likeness (QED) is 0.744. The maximum absolute atomic E-state index is 12.5. The summed E-state index contributed by atoms with van der Waals surface area (Å²) < 4.78 is 37.5. The molecule has 0 radical (unpaired) electrons. The Bertz CT molecular complexity index is 541. The zero-order valence-electron chi connectivity index (χ0n) is 10.6. The maximum Gasteiger partial charge on any atom is 0.420 e. The number of halogens is 4. The summed E-state index contributed by atoms with van der Waals surface area (Å²) >= 11 is 5.50.